The molecule has 364 valence electrons. The van der Waals surface area contributed by atoms with Crippen LogP contribution in [0.2, 0.25) is 0 Å². The van der Waals surface area contributed by atoms with Gasteiger partial charge >= 0.3 is 7.12 Å². The fourth-order valence-corrected chi connectivity index (χ4v) is 10.9. The molecule has 4 aliphatic rings. The Morgan fingerprint density at radius 3 is 1.59 bits per heavy atom. The number of aromatic amines is 2. The number of ether oxygens (including phenoxy) is 2. The lowest BCUT2D eigenvalue weighted by molar-refractivity contribution is 0.0942. The highest BCUT2D eigenvalue weighted by molar-refractivity contribution is 9.10. The smallest absolute Gasteiger partial charge is 0.490 e. The van der Waals surface area contributed by atoms with Crippen LogP contribution >= 0.6 is 15.9 Å². The van der Waals surface area contributed by atoms with E-state index in [0.717, 1.165) is 97.8 Å². The fraction of sp³-hybridized carbons (Fsp3) is 0.370. The van der Waals surface area contributed by atoms with Gasteiger partial charge in [-0.1, -0.05) is 37.8 Å². The molecule has 2 aromatic carbocycles. The number of pyridine rings is 4. The van der Waals surface area contributed by atoms with Crippen LogP contribution in [0.15, 0.2) is 87.1 Å². The molecule has 0 atom stereocenters. The highest BCUT2D eigenvalue weighted by Gasteiger charge is 2.45. The van der Waals surface area contributed by atoms with Crippen molar-refractivity contribution in [2.45, 2.75) is 117 Å². The van der Waals surface area contributed by atoms with Crippen LogP contribution in [0.3, 0.4) is 0 Å². The Morgan fingerprint density at radius 1 is 0.657 bits per heavy atom. The van der Waals surface area contributed by atoms with Gasteiger partial charge in [0.2, 0.25) is 0 Å². The molecule has 6 heterocycles. The molecular formula is C54H60BBrN6O8. The molecule has 2 fully saturated rings. The molecule has 2 amide bonds. The molecule has 70 heavy (non-hydrogen) atoms. The lowest BCUT2D eigenvalue weighted by Crippen LogP contribution is -2.29. The maximum Gasteiger partial charge on any atom is 0.490 e. The highest BCUT2D eigenvalue weighted by atomic mass is 79.9. The summed E-state index contributed by atoms with van der Waals surface area (Å²) in [4.78, 5) is 64.5. The summed E-state index contributed by atoms with van der Waals surface area (Å²) in [6.45, 7) is 13.0. The SMILES string of the molecule is Cc1cc(C)c(CNC(=O)c2cc(Br)c3c(c2)C2(CCCC2)CO3)c(=O)[nH]1.Cc1ccc(-c2cc(C(=O)NCc3c(C)cc(C)[nH]c3=O)cc3c2OCC32CCCC2)cn1.Cc1ccc(B(O)O)cn1. The quantitative estimate of drug-likeness (QED) is 0.0830. The molecule has 2 spiro atoms. The van der Waals surface area contributed by atoms with Gasteiger partial charge in [0, 0.05) is 109 Å². The van der Waals surface area contributed by atoms with Crippen molar-refractivity contribution in [3.63, 3.8) is 0 Å². The van der Waals surface area contributed by atoms with Crippen LogP contribution < -0.4 is 36.7 Å². The first-order valence-electron chi connectivity index (χ1n) is 23.9. The van der Waals surface area contributed by atoms with Gasteiger partial charge in [-0.15, -0.1) is 0 Å². The number of hydrogen-bond acceptors (Lipinski definition) is 10. The Balaban J connectivity index is 0.000000160. The van der Waals surface area contributed by atoms with Crippen LogP contribution in [0, 0.1) is 41.5 Å². The number of hydrogen-bond donors (Lipinski definition) is 6. The van der Waals surface area contributed by atoms with Crippen LogP contribution in [0.5, 0.6) is 11.5 Å². The molecule has 0 bridgehead atoms. The van der Waals surface area contributed by atoms with Crippen LogP contribution in [-0.2, 0) is 23.9 Å². The molecular weight excluding hydrogens is 951 g/mol. The van der Waals surface area contributed by atoms with Crippen molar-refractivity contribution in [2.75, 3.05) is 13.2 Å². The van der Waals surface area contributed by atoms with Crippen molar-refractivity contribution in [3.8, 4) is 22.6 Å². The molecule has 16 heteroatoms. The van der Waals surface area contributed by atoms with Gasteiger partial charge in [-0.3, -0.25) is 29.1 Å². The standard InChI is InChI=1S/C27H29N3O3.C21H23BrN2O3.C6H8BNO2/c1-16-10-18(3)30-26(32)22(16)14-29-25(31)20-11-21(19-7-6-17(2)28-13-19)24-23(12-20)27(15-33-24)8-4-5-9-27;1-12-7-13(2)24-20(26)15(12)10-23-19(25)14-8-16-18(17(22)9-14)27-11-21(16)5-3-4-6-21;1-5-2-3-6(4-8-5)7(9)10/h6-7,10-13H,4-5,8-9,14-15H2,1-3H3,(H,29,31)(H,30,32);7-9H,3-6,10-11H2,1-2H3,(H,23,25)(H,24,26);2-4,9-10H,1H3. The van der Waals surface area contributed by atoms with Crippen molar-refractivity contribution in [1.29, 1.82) is 0 Å². The summed E-state index contributed by atoms with van der Waals surface area (Å²) >= 11 is 3.56. The van der Waals surface area contributed by atoms with Gasteiger partial charge in [0.25, 0.3) is 22.9 Å². The van der Waals surface area contributed by atoms with E-state index in [9.17, 15) is 19.2 Å². The van der Waals surface area contributed by atoms with Gasteiger partial charge in [0.05, 0.1) is 17.7 Å². The lowest BCUT2D eigenvalue weighted by Gasteiger charge is -2.22. The minimum atomic E-state index is -1.41. The second-order valence-corrected chi connectivity index (χ2v) is 20.2. The zero-order chi connectivity index (χ0) is 49.9. The zero-order valence-electron chi connectivity index (χ0n) is 40.6. The van der Waals surface area contributed by atoms with Crippen molar-refractivity contribution in [3.05, 3.63) is 166 Å². The van der Waals surface area contributed by atoms with Crippen LogP contribution in [-0.4, -0.2) is 62.1 Å². The van der Waals surface area contributed by atoms with Crippen molar-refractivity contribution in [1.82, 2.24) is 30.6 Å². The van der Waals surface area contributed by atoms with Gasteiger partial charge in [0.1, 0.15) is 11.5 Å². The molecule has 0 unspecified atom stereocenters. The minimum Gasteiger partial charge on any atom is -0.492 e. The second-order valence-electron chi connectivity index (χ2n) is 19.3. The molecule has 2 aliphatic carbocycles. The Morgan fingerprint density at radius 2 is 1.13 bits per heavy atom. The molecule has 2 saturated carbocycles. The Bertz CT molecular complexity index is 3050. The van der Waals surface area contributed by atoms with Gasteiger partial charge in [-0.25, -0.2) is 0 Å². The minimum absolute atomic E-state index is 0.0107. The molecule has 4 aromatic heterocycles. The number of amides is 2. The van der Waals surface area contributed by atoms with Gasteiger partial charge in [0.15, 0.2) is 0 Å². The van der Waals surface area contributed by atoms with E-state index in [-0.39, 0.29) is 46.9 Å². The number of fused-ring (bicyclic) bond motifs is 4. The Labute approximate surface area is 416 Å². The van der Waals surface area contributed by atoms with E-state index < -0.39 is 7.12 Å². The normalized spacial score (nSPS) is 15.4. The fourth-order valence-electron chi connectivity index (χ4n) is 10.3. The number of halogens is 1. The van der Waals surface area contributed by atoms with Crippen LogP contribution in [0.25, 0.3) is 11.1 Å². The summed E-state index contributed by atoms with van der Waals surface area (Å²) < 4.78 is 13.0. The van der Waals surface area contributed by atoms with Crippen molar-refractivity contribution in [2.24, 2.45) is 0 Å². The van der Waals surface area contributed by atoms with E-state index >= 15 is 0 Å². The van der Waals surface area contributed by atoms with Gasteiger partial charge < -0.3 is 40.1 Å². The van der Waals surface area contributed by atoms with Crippen molar-refractivity contribution < 1.29 is 29.1 Å². The maximum absolute atomic E-state index is 13.3. The van der Waals surface area contributed by atoms with Crippen LogP contribution in [0.4, 0.5) is 0 Å². The molecule has 2 aliphatic heterocycles. The third kappa shape index (κ3) is 10.7. The van der Waals surface area contributed by atoms with Gasteiger partial charge in [-0.05, 0) is 143 Å². The number of aryl methyl sites for hydroxylation is 6. The number of carbonyl (C=O) groups excluding carboxylic acids is 2. The van der Waals surface area contributed by atoms with E-state index in [1.165, 1.54) is 31.9 Å². The van der Waals surface area contributed by atoms with E-state index in [0.29, 0.717) is 40.9 Å². The molecule has 6 N–H and O–H groups in total. The predicted molar refractivity (Wildman–Crippen MR) is 274 cm³/mol. The lowest BCUT2D eigenvalue weighted by atomic mass is 9.79. The number of rotatable bonds is 8. The van der Waals surface area contributed by atoms with E-state index in [4.69, 9.17) is 19.5 Å². The summed E-state index contributed by atoms with van der Waals surface area (Å²) in [5, 5.41) is 23.1. The molecule has 10 rings (SSSR count). The topological polar surface area (TPSA) is 209 Å². The molecule has 14 nitrogen and oxygen atoms in total. The average molecular weight is 1010 g/mol. The number of H-pyrrole nitrogens is 2. The first kappa shape index (κ1) is 50.0. The monoisotopic (exact) mass is 1010 g/mol. The third-order valence-electron chi connectivity index (χ3n) is 14.2. The molecule has 6 aromatic rings. The molecule has 0 radical (unpaired) electrons. The summed E-state index contributed by atoms with van der Waals surface area (Å²) in [6, 6.07) is 18.9. The summed E-state index contributed by atoms with van der Waals surface area (Å²) in [5.74, 6) is 1.38. The third-order valence-corrected chi connectivity index (χ3v) is 14.8. The second kappa shape index (κ2) is 20.9. The molecule has 0 saturated heterocycles. The number of aromatic nitrogens is 4. The number of benzene rings is 2. The van der Waals surface area contributed by atoms with Crippen LogP contribution in [0.1, 0.15) is 128 Å². The summed E-state index contributed by atoms with van der Waals surface area (Å²) in [6.07, 6.45) is 12.4. The highest BCUT2D eigenvalue weighted by Crippen LogP contribution is 2.53. The number of nitrogens with zero attached hydrogens (tertiary/aromatic N) is 2. The maximum atomic E-state index is 13.3. The number of carbonyl (C=O) groups is 2. The van der Waals surface area contributed by atoms with Gasteiger partial charge in [-0.2, -0.15) is 0 Å². The first-order valence-corrected chi connectivity index (χ1v) is 24.7. The first-order chi connectivity index (χ1) is 33.5. The predicted octanol–water partition coefficient (Wildman–Crippen LogP) is 7.45. The van der Waals surface area contributed by atoms with E-state index in [1.807, 2.05) is 90.2 Å². The van der Waals surface area contributed by atoms with E-state index in [2.05, 4.69) is 46.5 Å². The largest absolute Gasteiger partial charge is 0.492 e. The zero-order valence-corrected chi connectivity index (χ0v) is 42.2. The van der Waals surface area contributed by atoms with E-state index in [1.54, 1.807) is 18.2 Å². The average Bonchev–Trinajstić information content (AvgIpc) is 4.15. The number of nitrogens with one attached hydrogen (secondary N) is 4. The Kier molecular flexibility index (Phi) is 15.0. The summed E-state index contributed by atoms with van der Waals surface area (Å²) in [7, 11) is -1.41. The summed E-state index contributed by atoms with van der Waals surface area (Å²) in [5.41, 5.74) is 11.8. The van der Waals surface area contributed by atoms with Crippen molar-refractivity contribution >= 4 is 40.3 Å². The Hall–Kier alpha value is -6.36.